The molecule has 3 heteroatoms. The summed E-state index contributed by atoms with van der Waals surface area (Å²) in [5, 5.41) is 0. The molecule has 0 saturated heterocycles. The maximum Gasteiger partial charge on any atom is 0.418 e. The average Bonchev–Trinajstić information content (AvgIpc) is 2.30. The van der Waals surface area contributed by atoms with Gasteiger partial charge < -0.3 is 4.74 Å². The minimum absolute atomic E-state index is 0.469. The van der Waals surface area contributed by atoms with Crippen molar-refractivity contribution in [1.82, 2.24) is 0 Å². The molecule has 0 unspecified atom stereocenters. The van der Waals surface area contributed by atoms with E-state index in [1.807, 2.05) is 31.2 Å². The van der Waals surface area contributed by atoms with E-state index in [-0.39, 0.29) is 0 Å². The number of anilines is 1. The molecule has 16 heavy (non-hydrogen) atoms. The Morgan fingerprint density at radius 1 is 1.44 bits per heavy atom. The van der Waals surface area contributed by atoms with Gasteiger partial charge in [-0.05, 0) is 18.6 Å². The van der Waals surface area contributed by atoms with Gasteiger partial charge in [0.15, 0.2) is 0 Å². The monoisotopic (exact) mass is 217 g/mol. The lowest BCUT2D eigenvalue weighted by Crippen LogP contribution is -2.25. The fourth-order valence-electron chi connectivity index (χ4n) is 1.41. The normalized spacial score (nSPS) is 9.38. The van der Waals surface area contributed by atoms with Crippen LogP contribution in [0.15, 0.2) is 43.6 Å². The standard InChI is InChI=1S/C13H15NO2/c1-5-14(13(15)16-4)12-9-7-6-8-11(12)10(2)3/h5-9H,1-2H2,3-4H3. The highest BCUT2D eigenvalue weighted by atomic mass is 16.5. The number of nitrogens with zero attached hydrogens (tertiary/aromatic N) is 1. The summed E-state index contributed by atoms with van der Waals surface area (Å²) >= 11 is 0. The van der Waals surface area contributed by atoms with Gasteiger partial charge in [-0.1, -0.05) is 31.4 Å². The van der Waals surface area contributed by atoms with Gasteiger partial charge in [-0.3, -0.25) is 4.90 Å². The fraction of sp³-hybridized carbons (Fsp3) is 0.154. The molecule has 0 atom stereocenters. The molecule has 1 rings (SSSR count). The van der Waals surface area contributed by atoms with Gasteiger partial charge in [0.2, 0.25) is 0 Å². The van der Waals surface area contributed by atoms with Gasteiger partial charge in [0, 0.05) is 11.8 Å². The Balaban J connectivity index is 3.24. The van der Waals surface area contributed by atoms with Crippen LogP contribution >= 0.6 is 0 Å². The van der Waals surface area contributed by atoms with Crippen LogP contribution in [0.2, 0.25) is 0 Å². The minimum Gasteiger partial charge on any atom is -0.452 e. The molecule has 0 N–H and O–H groups in total. The Morgan fingerprint density at radius 2 is 2.06 bits per heavy atom. The van der Waals surface area contributed by atoms with Crippen LogP contribution in [-0.4, -0.2) is 13.2 Å². The largest absolute Gasteiger partial charge is 0.452 e. The van der Waals surface area contributed by atoms with Crippen LogP contribution in [0.5, 0.6) is 0 Å². The summed E-state index contributed by atoms with van der Waals surface area (Å²) in [5.74, 6) is 0. The lowest BCUT2D eigenvalue weighted by molar-refractivity contribution is 0.181. The second kappa shape index (κ2) is 5.16. The van der Waals surface area contributed by atoms with Crippen LogP contribution in [0.1, 0.15) is 12.5 Å². The average molecular weight is 217 g/mol. The van der Waals surface area contributed by atoms with E-state index in [1.165, 1.54) is 18.2 Å². The van der Waals surface area contributed by atoms with Gasteiger partial charge in [-0.15, -0.1) is 0 Å². The Hall–Kier alpha value is -2.03. The maximum absolute atomic E-state index is 11.5. The number of ether oxygens (including phenoxy) is 1. The highest BCUT2D eigenvalue weighted by Crippen LogP contribution is 2.26. The summed E-state index contributed by atoms with van der Waals surface area (Å²) in [5.41, 5.74) is 2.50. The number of hydrogen-bond donors (Lipinski definition) is 0. The number of hydrogen-bond acceptors (Lipinski definition) is 2. The van der Waals surface area contributed by atoms with Crippen molar-refractivity contribution < 1.29 is 9.53 Å². The van der Waals surface area contributed by atoms with Crippen LogP contribution in [0.3, 0.4) is 0 Å². The van der Waals surface area contributed by atoms with E-state index in [4.69, 9.17) is 0 Å². The molecule has 0 spiro atoms. The van der Waals surface area contributed by atoms with Crippen molar-refractivity contribution in [2.24, 2.45) is 0 Å². The predicted molar refractivity (Wildman–Crippen MR) is 66.2 cm³/mol. The zero-order valence-corrected chi connectivity index (χ0v) is 9.56. The molecule has 1 aromatic carbocycles. The van der Waals surface area contributed by atoms with Crippen LogP contribution in [0.25, 0.3) is 5.57 Å². The quantitative estimate of drug-likeness (QED) is 0.776. The molecule has 84 valence electrons. The van der Waals surface area contributed by atoms with Crippen molar-refractivity contribution in [2.75, 3.05) is 12.0 Å². The first-order chi connectivity index (χ1) is 7.61. The first-order valence-electron chi connectivity index (χ1n) is 4.86. The predicted octanol–water partition coefficient (Wildman–Crippen LogP) is 3.44. The van der Waals surface area contributed by atoms with Gasteiger partial charge in [0.05, 0.1) is 12.8 Å². The Labute approximate surface area is 95.6 Å². The number of benzene rings is 1. The van der Waals surface area contributed by atoms with Gasteiger partial charge in [-0.2, -0.15) is 0 Å². The van der Waals surface area contributed by atoms with Crippen molar-refractivity contribution in [3.05, 3.63) is 49.2 Å². The van der Waals surface area contributed by atoms with Crippen LogP contribution in [-0.2, 0) is 4.74 Å². The summed E-state index contributed by atoms with van der Waals surface area (Å²) in [7, 11) is 1.34. The number of allylic oxidation sites excluding steroid dienone is 1. The van der Waals surface area contributed by atoms with E-state index >= 15 is 0 Å². The minimum atomic E-state index is -0.469. The molecule has 0 heterocycles. The molecule has 0 fully saturated rings. The topological polar surface area (TPSA) is 29.5 Å². The van der Waals surface area contributed by atoms with Gasteiger partial charge >= 0.3 is 6.09 Å². The zero-order chi connectivity index (χ0) is 12.1. The Kier molecular flexibility index (Phi) is 3.89. The molecule has 0 aliphatic heterocycles. The summed E-state index contributed by atoms with van der Waals surface area (Å²) < 4.78 is 4.68. The van der Waals surface area contributed by atoms with Crippen LogP contribution < -0.4 is 4.90 Å². The van der Waals surface area contributed by atoms with Crippen molar-refractivity contribution >= 4 is 17.4 Å². The molecule has 0 aromatic heterocycles. The molecule has 0 bridgehead atoms. The van der Waals surface area contributed by atoms with E-state index in [0.29, 0.717) is 0 Å². The van der Waals surface area contributed by atoms with Gasteiger partial charge in [0.25, 0.3) is 0 Å². The Bertz CT molecular complexity index is 424. The lowest BCUT2D eigenvalue weighted by atomic mass is 10.1. The smallest absolute Gasteiger partial charge is 0.418 e. The van der Waals surface area contributed by atoms with Crippen molar-refractivity contribution in [1.29, 1.82) is 0 Å². The fourth-order valence-corrected chi connectivity index (χ4v) is 1.41. The highest BCUT2D eigenvalue weighted by molar-refractivity contribution is 5.93. The first kappa shape index (κ1) is 12.0. The molecule has 1 amide bonds. The molecule has 0 radical (unpaired) electrons. The van der Waals surface area contributed by atoms with Crippen LogP contribution in [0, 0.1) is 0 Å². The SMILES string of the molecule is C=CN(C(=O)OC)c1ccccc1C(=C)C. The van der Waals surface area contributed by atoms with Gasteiger partial charge in [0.1, 0.15) is 0 Å². The molecular weight excluding hydrogens is 202 g/mol. The number of carbonyl (C=O) groups excluding carboxylic acids is 1. The van der Waals surface area contributed by atoms with E-state index in [1.54, 1.807) is 0 Å². The second-order valence-corrected chi connectivity index (χ2v) is 3.32. The number of amides is 1. The summed E-state index contributed by atoms with van der Waals surface area (Å²) in [4.78, 5) is 12.9. The molecule has 0 saturated carbocycles. The highest BCUT2D eigenvalue weighted by Gasteiger charge is 2.15. The van der Waals surface area contributed by atoms with E-state index in [9.17, 15) is 4.79 Å². The van der Waals surface area contributed by atoms with Crippen LogP contribution in [0.4, 0.5) is 10.5 Å². The van der Waals surface area contributed by atoms with Gasteiger partial charge in [-0.25, -0.2) is 4.79 Å². The third-order valence-electron chi connectivity index (χ3n) is 2.18. The van der Waals surface area contributed by atoms with E-state index in [0.717, 1.165) is 16.8 Å². The number of carbonyl (C=O) groups is 1. The Morgan fingerprint density at radius 3 is 2.56 bits per heavy atom. The van der Waals surface area contributed by atoms with Crippen molar-refractivity contribution in [3.63, 3.8) is 0 Å². The molecule has 3 nitrogen and oxygen atoms in total. The summed E-state index contributed by atoms with van der Waals surface area (Å²) in [6.07, 6.45) is 0.955. The van der Waals surface area contributed by atoms with Crippen molar-refractivity contribution in [2.45, 2.75) is 6.92 Å². The summed E-state index contributed by atoms with van der Waals surface area (Å²) in [6, 6.07) is 7.47. The van der Waals surface area contributed by atoms with Crippen molar-refractivity contribution in [3.8, 4) is 0 Å². The lowest BCUT2D eigenvalue weighted by Gasteiger charge is -2.19. The molecule has 1 aromatic rings. The third-order valence-corrected chi connectivity index (χ3v) is 2.18. The zero-order valence-electron chi connectivity index (χ0n) is 9.56. The number of methoxy groups -OCH3 is 1. The number of rotatable bonds is 3. The third kappa shape index (κ3) is 2.31. The number of para-hydroxylation sites is 1. The summed E-state index contributed by atoms with van der Waals surface area (Å²) in [6.45, 7) is 9.36. The molecular formula is C13H15NO2. The second-order valence-electron chi connectivity index (χ2n) is 3.32. The van der Waals surface area contributed by atoms with E-state index in [2.05, 4.69) is 17.9 Å². The maximum atomic E-state index is 11.5. The molecule has 0 aliphatic rings. The molecule has 0 aliphatic carbocycles. The first-order valence-corrected chi connectivity index (χ1v) is 4.86. The van der Waals surface area contributed by atoms with E-state index < -0.39 is 6.09 Å².